The van der Waals surface area contributed by atoms with E-state index in [0.717, 1.165) is 25.3 Å². The lowest BCUT2D eigenvalue weighted by atomic mass is 9.87. The molecule has 0 bridgehead atoms. The average Bonchev–Trinajstić information content (AvgIpc) is 3.35. The van der Waals surface area contributed by atoms with E-state index in [2.05, 4.69) is 41.5 Å². The Labute approximate surface area is 175 Å². The topological polar surface area (TPSA) is 49.6 Å². The largest absolute Gasteiger partial charge is 0.330 e. The first-order valence-corrected chi connectivity index (χ1v) is 9.71. The number of hydrogen-bond acceptors (Lipinski definition) is 3. The highest BCUT2D eigenvalue weighted by Crippen LogP contribution is 2.44. The fraction of sp³-hybridized carbons (Fsp3) is 0.333. The Kier molecular flexibility index (Phi) is 5.08. The van der Waals surface area contributed by atoms with Crippen LogP contribution in [-0.4, -0.2) is 39.8 Å². The van der Waals surface area contributed by atoms with Gasteiger partial charge in [0.15, 0.2) is 0 Å². The number of nitrogens with zero attached hydrogens (tertiary/aromatic N) is 3. The molecule has 0 radical (unpaired) electrons. The van der Waals surface area contributed by atoms with Crippen LogP contribution in [0.15, 0.2) is 48.8 Å². The van der Waals surface area contributed by atoms with Crippen LogP contribution in [0.1, 0.15) is 27.7 Å². The van der Waals surface area contributed by atoms with E-state index < -0.39 is 0 Å². The van der Waals surface area contributed by atoms with Crippen molar-refractivity contribution in [1.82, 2.24) is 19.6 Å². The van der Waals surface area contributed by atoms with Gasteiger partial charge in [-0.25, -0.2) is 4.98 Å². The van der Waals surface area contributed by atoms with E-state index in [1.807, 2.05) is 15.4 Å². The van der Waals surface area contributed by atoms with Crippen LogP contribution in [0.25, 0.3) is 5.65 Å². The molecule has 2 saturated heterocycles. The second kappa shape index (κ2) is 7.39. The second-order valence-electron chi connectivity index (χ2n) is 7.58. The molecule has 3 aromatic rings. The van der Waals surface area contributed by atoms with Crippen LogP contribution in [0.4, 0.5) is 0 Å². The van der Waals surface area contributed by atoms with Gasteiger partial charge in [0.25, 0.3) is 5.91 Å². The van der Waals surface area contributed by atoms with Crippen LogP contribution in [0.5, 0.6) is 0 Å². The van der Waals surface area contributed by atoms with Crippen molar-refractivity contribution >= 4 is 35.6 Å². The van der Waals surface area contributed by atoms with Gasteiger partial charge in [0.05, 0.1) is 11.1 Å². The summed E-state index contributed by atoms with van der Waals surface area (Å²) < 4.78 is 1.82. The first kappa shape index (κ1) is 19.2. The highest BCUT2D eigenvalue weighted by molar-refractivity contribution is 6.30. The van der Waals surface area contributed by atoms with Crippen molar-refractivity contribution in [2.45, 2.75) is 13.0 Å². The number of likely N-dealkylation sites (tertiary alicyclic amines) is 1. The van der Waals surface area contributed by atoms with E-state index in [1.54, 1.807) is 18.5 Å². The molecule has 0 aliphatic carbocycles. The van der Waals surface area contributed by atoms with Crippen molar-refractivity contribution in [3.05, 3.63) is 70.6 Å². The normalized spacial score (nSPS) is 23.6. The Morgan fingerprint density at radius 2 is 2.00 bits per heavy atom. The van der Waals surface area contributed by atoms with Gasteiger partial charge >= 0.3 is 0 Å². The smallest absolute Gasteiger partial charge is 0.274 e. The number of rotatable bonds is 2. The third-order valence-corrected chi connectivity index (χ3v) is 6.19. The monoisotopic (exact) mass is 416 g/mol. The van der Waals surface area contributed by atoms with Crippen LogP contribution in [-0.2, 0) is 0 Å². The number of benzene rings is 1. The number of amides is 1. The number of aromatic nitrogens is 2. The molecule has 5 rings (SSSR count). The van der Waals surface area contributed by atoms with Crippen molar-refractivity contribution in [2.24, 2.45) is 11.8 Å². The maximum absolute atomic E-state index is 13.4. The van der Waals surface area contributed by atoms with Gasteiger partial charge in [-0.15, -0.1) is 12.4 Å². The van der Waals surface area contributed by atoms with Gasteiger partial charge in [0.1, 0.15) is 11.3 Å². The minimum Gasteiger partial charge on any atom is -0.330 e. The van der Waals surface area contributed by atoms with Gasteiger partial charge < -0.3 is 14.6 Å². The summed E-state index contributed by atoms with van der Waals surface area (Å²) in [6.45, 7) is 4.82. The lowest BCUT2D eigenvalue weighted by molar-refractivity contribution is 0.0708. The summed E-state index contributed by atoms with van der Waals surface area (Å²) in [5.74, 6) is 0.934. The number of imidazole rings is 1. The zero-order valence-corrected chi connectivity index (χ0v) is 17.1. The fourth-order valence-electron chi connectivity index (χ4n) is 4.66. The quantitative estimate of drug-likeness (QED) is 0.691. The van der Waals surface area contributed by atoms with Gasteiger partial charge in [-0.3, -0.25) is 4.79 Å². The lowest BCUT2D eigenvalue weighted by Gasteiger charge is -2.29. The van der Waals surface area contributed by atoms with Crippen molar-refractivity contribution in [3.8, 4) is 0 Å². The second-order valence-corrected chi connectivity index (χ2v) is 8.02. The number of pyridine rings is 1. The molecule has 0 spiro atoms. The van der Waals surface area contributed by atoms with E-state index in [0.29, 0.717) is 22.6 Å². The summed E-state index contributed by atoms with van der Waals surface area (Å²) in [4.78, 5) is 20.0. The van der Waals surface area contributed by atoms with E-state index in [1.165, 1.54) is 11.1 Å². The van der Waals surface area contributed by atoms with Crippen LogP contribution >= 0.6 is 24.0 Å². The highest BCUT2D eigenvalue weighted by atomic mass is 35.5. The van der Waals surface area contributed by atoms with Gasteiger partial charge in [0.2, 0.25) is 0 Å². The van der Waals surface area contributed by atoms with Crippen molar-refractivity contribution in [3.63, 3.8) is 0 Å². The fourth-order valence-corrected chi connectivity index (χ4v) is 4.83. The minimum absolute atomic E-state index is 0. The van der Waals surface area contributed by atoms with Gasteiger partial charge in [-0.05, 0) is 36.1 Å². The molecule has 0 saturated carbocycles. The standard InChI is InChI=1S/C21H21ClN4O.ClH/c1-13-4-2-3-5-16(13)20-17-9-23-8-14(17)10-26(20)21(27)18-12-25-11-15(22)6-7-19(25)24-18;/h2-7,11-12,14,17,20,23H,8-10H2,1H3;1H/t14-,17-,20+;/m0./s1. The zero-order chi connectivity index (χ0) is 18.5. The molecule has 5 nitrogen and oxygen atoms in total. The summed E-state index contributed by atoms with van der Waals surface area (Å²) in [7, 11) is 0. The van der Waals surface area contributed by atoms with Gasteiger partial charge in [-0.2, -0.15) is 0 Å². The van der Waals surface area contributed by atoms with Gasteiger partial charge in [-0.1, -0.05) is 35.9 Å². The Morgan fingerprint density at radius 1 is 1.18 bits per heavy atom. The summed E-state index contributed by atoms with van der Waals surface area (Å²) >= 11 is 6.07. The molecular formula is C21H22Cl2N4O. The number of hydrogen-bond donors (Lipinski definition) is 1. The van der Waals surface area contributed by atoms with E-state index in [-0.39, 0.29) is 24.4 Å². The molecule has 28 heavy (non-hydrogen) atoms. The Morgan fingerprint density at radius 3 is 2.82 bits per heavy atom. The predicted molar refractivity (Wildman–Crippen MR) is 112 cm³/mol. The third kappa shape index (κ3) is 3.08. The third-order valence-electron chi connectivity index (χ3n) is 5.97. The molecule has 1 N–H and O–H groups in total. The SMILES string of the molecule is Cc1ccccc1[C@@H]1[C@H]2CNC[C@H]2CN1C(=O)c1cn2cc(Cl)ccc2n1.Cl. The molecule has 3 atom stereocenters. The van der Waals surface area contributed by atoms with Crippen molar-refractivity contribution in [2.75, 3.05) is 19.6 Å². The van der Waals surface area contributed by atoms with E-state index in [9.17, 15) is 4.79 Å². The van der Waals surface area contributed by atoms with Crippen LogP contribution < -0.4 is 5.32 Å². The predicted octanol–water partition coefficient (Wildman–Crippen LogP) is 3.75. The number of aryl methyl sites for hydroxylation is 1. The number of fused-ring (bicyclic) bond motifs is 2. The molecule has 146 valence electrons. The number of nitrogens with one attached hydrogen (secondary N) is 1. The summed E-state index contributed by atoms with van der Waals surface area (Å²) in [5, 5.41) is 4.12. The number of carbonyl (C=O) groups excluding carboxylic acids is 1. The molecule has 2 aromatic heterocycles. The summed E-state index contributed by atoms with van der Waals surface area (Å²) in [6.07, 6.45) is 3.56. The average molecular weight is 417 g/mol. The number of halogens is 2. The highest BCUT2D eigenvalue weighted by Gasteiger charge is 2.47. The van der Waals surface area contributed by atoms with E-state index >= 15 is 0 Å². The Hall–Kier alpha value is -2.08. The minimum atomic E-state index is -0.00234. The molecule has 0 unspecified atom stereocenters. The van der Waals surface area contributed by atoms with Crippen molar-refractivity contribution in [1.29, 1.82) is 0 Å². The Bertz CT molecular complexity index is 1030. The van der Waals surface area contributed by atoms with Gasteiger partial charge in [0, 0.05) is 37.9 Å². The van der Waals surface area contributed by atoms with Crippen molar-refractivity contribution < 1.29 is 4.79 Å². The molecule has 2 aliphatic heterocycles. The maximum Gasteiger partial charge on any atom is 0.274 e. The lowest BCUT2D eigenvalue weighted by Crippen LogP contribution is -2.35. The molecule has 2 aliphatic rings. The maximum atomic E-state index is 13.4. The summed E-state index contributed by atoms with van der Waals surface area (Å²) in [5.41, 5.74) is 3.68. The van der Waals surface area contributed by atoms with Crippen LogP contribution in [0.3, 0.4) is 0 Å². The number of carbonyl (C=O) groups is 1. The molecule has 1 aromatic carbocycles. The van der Waals surface area contributed by atoms with E-state index in [4.69, 9.17) is 11.6 Å². The molecule has 1 amide bonds. The van der Waals surface area contributed by atoms with Crippen LogP contribution in [0.2, 0.25) is 5.02 Å². The Balaban J connectivity index is 0.00000192. The first-order valence-electron chi connectivity index (χ1n) is 9.33. The zero-order valence-electron chi connectivity index (χ0n) is 15.5. The first-order chi connectivity index (χ1) is 13.1. The summed E-state index contributed by atoms with van der Waals surface area (Å²) in [6, 6.07) is 12.1. The molecule has 2 fully saturated rings. The molecule has 4 heterocycles. The van der Waals surface area contributed by atoms with Crippen LogP contribution in [0, 0.1) is 18.8 Å². The molecule has 7 heteroatoms. The molecular weight excluding hydrogens is 395 g/mol.